The fourth-order valence-corrected chi connectivity index (χ4v) is 5.04. The molecular weight excluding hydrogens is 394 g/mol. The highest BCUT2D eigenvalue weighted by Crippen LogP contribution is 2.37. The van der Waals surface area contributed by atoms with Crippen LogP contribution in [0, 0.1) is 0 Å². The Bertz CT molecular complexity index is 601. The highest BCUT2D eigenvalue weighted by molar-refractivity contribution is 5.62. The summed E-state index contributed by atoms with van der Waals surface area (Å²) in [5, 5.41) is 3.74. The summed E-state index contributed by atoms with van der Waals surface area (Å²) in [6.45, 7) is 2.30. The number of anilines is 1. The molecule has 0 saturated carbocycles. The van der Waals surface area contributed by atoms with Crippen LogP contribution in [0.5, 0.6) is 11.5 Å². The van der Waals surface area contributed by atoms with Gasteiger partial charge in [0, 0.05) is 17.8 Å². The molecule has 0 aromatic heterocycles. The minimum atomic E-state index is 0.604. The van der Waals surface area contributed by atoms with Crippen LogP contribution in [0.4, 0.5) is 5.69 Å². The maximum absolute atomic E-state index is 5.47. The lowest BCUT2D eigenvalue weighted by atomic mass is 9.94. The summed E-state index contributed by atoms with van der Waals surface area (Å²) in [5.74, 6) is 1.66. The van der Waals surface area contributed by atoms with Crippen LogP contribution in [-0.2, 0) is 6.42 Å². The number of benzene rings is 1. The number of ether oxygens (including phenoxy) is 2. The topological polar surface area (TPSA) is 30.5 Å². The van der Waals surface area contributed by atoms with Crippen molar-refractivity contribution in [2.75, 3.05) is 19.5 Å². The van der Waals surface area contributed by atoms with Gasteiger partial charge >= 0.3 is 0 Å². The van der Waals surface area contributed by atoms with E-state index in [1.54, 1.807) is 14.2 Å². The van der Waals surface area contributed by atoms with Crippen molar-refractivity contribution in [3.8, 4) is 11.5 Å². The zero-order chi connectivity index (χ0) is 22.9. The van der Waals surface area contributed by atoms with Gasteiger partial charge in [-0.1, -0.05) is 110 Å². The standard InChI is InChI=1S/C29H51NO2/c1-4-5-6-7-8-9-10-11-12-13-14-15-16-17-18-19-20-26-22-21-25-23-28(31-2)29(32-3)24-27(25)30-26/h23-24,26,30H,4-22H2,1-3H3. The molecule has 0 aliphatic carbocycles. The summed E-state index contributed by atoms with van der Waals surface area (Å²) in [6.07, 6.45) is 26.6. The predicted molar refractivity (Wildman–Crippen MR) is 139 cm³/mol. The van der Waals surface area contributed by atoms with E-state index in [0.29, 0.717) is 6.04 Å². The van der Waals surface area contributed by atoms with Crippen molar-refractivity contribution in [3.63, 3.8) is 0 Å². The number of hydrogen-bond donors (Lipinski definition) is 1. The van der Waals surface area contributed by atoms with E-state index in [1.165, 1.54) is 127 Å². The van der Waals surface area contributed by atoms with E-state index >= 15 is 0 Å². The third kappa shape index (κ3) is 10.5. The second kappa shape index (κ2) is 17.1. The molecule has 184 valence electrons. The Morgan fingerprint density at radius 1 is 0.688 bits per heavy atom. The predicted octanol–water partition coefficient (Wildman–Crippen LogP) is 9.08. The molecule has 1 aliphatic heterocycles. The third-order valence-corrected chi connectivity index (χ3v) is 7.14. The SMILES string of the molecule is CCCCCCCCCCCCCCCCCCC1CCc2cc(OC)c(OC)cc2N1. The van der Waals surface area contributed by atoms with Crippen LogP contribution in [0.2, 0.25) is 0 Å². The molecule has 1 aliphatic rings. The van der Waals surface area contributed by atoms with E-state index in [-0.39, 0.29) is 0 Å². The van der Waals surface area contributed by atoms with E-state index in [1.807, 2.05) is 0 Å². The van der Waals surface area contributed by atoms with Crippen LogP contribution in [0.1, 0.15) is 128 Å². The van der Waals surface area contributed by atoms with Crippen LogP contribution < -0.4 is 14.8 Å². The zero-order valence-electron chi connectivity index (χ0n) is 21.5. The molecule has 1 heterocycles. The second-order valence-electron chi connectivity index (χ2n) is 9.84. The van der Waals surface area contributed by atoms with Gasteiger partial charge in [-0.3, -0.25) is 0 Å². The third-order valence-electron chi connectivity index (χ3n) is 7.14. The largest absolute Gasteiger partial charge is 0.493 e. The molecule has 0 amide bonds. The van der Waals surface area contributed by atoms with Gasteiger partial charge < -0.3 is 14.8 Å². The molecule has 3 heteroatoms. The molecule has 1 aromatic rings. The van der Waals surface area contributed by atoms with E-state index < -0.39 is 0 Å². The lowest BCUT2D eigenvalue weighted by molar-refractivity contribution is 0.354. The minimum Gasteiger partial charge on any atom is -0.493 e. The van der Waals surface area contributed by atoms with Crippen molar-refractivity contribution in [1.82, 2.24) is 0 Å². The lowest BCUT2D eigenvalue weighted by Crippen LogP contribution is -2.25. The first-order chi connectivity index (χ1) is 15.8. The Hall–Kier alpha value is -1.38. The maximum atomic E-state index is 5.47. The molecule has 0 saturated heterocycles. The van der Waals surface area contributed by atoms with Crippen molar-refractivity contribution in [1.29, 1.82) is 0 Å². The maximum Gasteiger partial charge on any atom is 0.162 e. The number of rotatable bonds is 19. The number of fused-ring (bicyclic) bond motifs is 1. The number of aryl methyl sites for hydroxylation is 1. The van der Waals surface area contributed by atoms with E-state index in [4.69, 9.17) is 9.47 Å². The Morgan fingerprint density at radius 2 is 1.16 bits per heavy atom. The Balaban J connectivity index is 1.41. The quantitative estimate of drug-likeness (QED) is 0.215. The molecule has 2 rings (SSSR count). The summed E-state index contributed by atoms with van der Waals surface area (Å²) < 4.78 is 10.9. The first-order valence-electron chi connectivity index (χ1n) is 13.8. The highest BCUT2D eigenvalue weighted by Gasteiger charge is 2.20. The summed E-state index contributed by atoms with van der Waals surface area (Å²) in [6, 6.07) is 4.84. The van der Waals surface area contributed by atoms with Crippen molar-refractivity contribution >= 4 is 5.69 Å². The molecule has 1 N–H and O–H groups in total. The second-order valence-corrected chi connectivity index (χ2v) is 9.84. The first kappa shape index (κ1) is 26.9. The molecule has 0 fully saturated rings. The molecule has 0 spiro atoms. The molecule has 1 aromatic carbocycles. The number of nitrogens with one attached hydrogen (secondary N) is 1. The van der Waals surface area contributed by atoms with Gasteiger partial charge in [0.25, 0.3) is 0 Å². The molecule has 0 bridgehead atoms. The van der Waals surface area contributed by atoms with Gasteiger partial charge in [-0.15, -0.1) is 0 Å². The molecule has 3 nitrogen and oxygen atoms in total. The Kier molecular flexibility index (Phi) is 14.4. The summed E-state index contributed by atoms with van der Waals surface area (Å²) in [7, 11) is 3.42. The fraction of sp³-hybridized carbons (Fsp3) is 0.793. The summed E-state index contributed by atoms with van der Waals surface area (Å²) >= 11 is 0. The normalized spacial score (nSPS) is 15.3. The monoisotopic (exact) mass is 445 g/mol. The number of hydrogen-bond acceptors (Lipinski definition) is 3. The van der Waals surface area contributed by atoms with Crippen molar-refractivity contribution in [3.05, 3.63) is 17.7 Å². The van der Waals surface area contributed by atoms with Crippen molar-refractivity contribution < 1.29 is 9.47 Å². The van der Waals surface area contributed by atoms with Crippen molar-refractivity contribution in [2.24, 2.45) is 0 Å². The van der Waals surface area contributed by atoms with Crippen LogP contribution in [0.25, 0.3) is 0 Å². The Labute approximate surface area is 199 Å². The molecule has 32 heavy (non-hydrogen) atoms. The molecular formula is C29H51NO2. The van der Waals surface area contributed by atoms with Crippen LogP contribution in [0.15, 0.2) is 12.1 Å². The zero-order valence-corrected chi connectivity index (χ0v) is 21.5. The minimum absolute atomic E-state index is 0.604. The van der Waals surface area contributed by atoms with Gasteiger partial charge in [0.05, 0.1) is 14.2 Å². The Morgan fingerprint density at radius 3 is 1.66 bits per heavy atom. The molecule has 0 radical (unpaired) electrons. The van der Waals surface area contributed by atoms with Crippen LogP contribution in [0.3, 0.4) is 0 Å². The fourth-order valence-electron chi connectivity index (χ4n) is 5.04. The van der Waals surface area contributed by atoms with Gasteiger partial charge in [0.15, 0.2) is 11.5 Å². The summed E-state index contributed by atoms with van der Waals surface area (Å²) in [4.78, 5) is 0. The van der Waals surface area contributed by atoms with E-state index in [0.717, 1.165) is 17.9 Å². The smallest absolute Gasteiger partial charge is 0.162 e. The average molecular weight is 446 g/mol. The van der Waals surface area contributed by atoms with Crippen LogP contribution >= 0.6 is 0 Å². The van der Waals surface area contributed by atoms with Gasteiger partial charge in [-0.05, 0) is 30.9 Å². The lowest BCUT2D eigenvalue weighted by Gasteiger charge is -2.28. The number of methoxy groups -OCH3 is 2. The molecule has 1 atom stereocenters. The first-order valence-corrected chi connectivity index (χ1v) is 13.8. The van der Waals surface area contributed by atoms with E-state index in [2.05, 4.69) is 24.4 Å². The van der Waals surface area contributed by atoms with Crippen LogP contribution in [-0.4, -0.2) is 20.3 Å². The van der Waals surface area contributed by atoms with Gasteiger partial charge in [-0.25, -0.2) is 0 Å². The number of unbranched alkanes of at least 4 members (excludes halogenated alkanes) is 15. The van der Waals surface area contributed by atoms with E-state index in [9.17, 15) is 0 Å². The van der Waals surface area contributed by atoms with Gasteiger partial charge in [0.1, 0.15) is 0 Å². The highest BCUT2D eigenvalue weighted by atomic mass is 16.5. The average Bonchev–Trinajstić information content (AvgIpc) is 2.82. The van der Waals surface area contributed by atoms with Gasteiger partial charge in [-0.2, -0.15) is 0 Å². The summed E-state index contributed by atoms with van der Waals surface area (Å²) in [5.41, 5.74) is 2.58. The van der Waals surface area contributed by atoms with Gasteiger partial charge in [0.2, 0.25) is 0 Å². The van der Waals surface area contributed by atoms with Crippen molar-refractivity contribution in [2.45, 2.75) is 135 Å². The molecule has 1 unspecified atom stereocenters.